The van der Waals surface area contributed by atoms with Crippen LogP contribution in [0.25, 0.3) is 0 Å². The van der Waals surface area contributed by atoms with Crippen molar-refractivity contribution in [2.24, 2.45) is 0 Å². The van der Waals surface area contributed by atoms with Crippen molar-refractivity contribution in [3.8, 4) is 0 Å². The molecule has 1 atom stereocenters. The van der Waals surface area contributed by atoms with Crippen LogP contribution in [0.15, 0.2) is 24.3 Å². The summed E-state index contributed by atoms with van der Waals surface area (Å²) in [5.74, 6) is 0.206. The Morgan fingerprint density at radius 2 is 2.17 bits per heavy atom. The molecule has 18 heavy (non-hydrogen) atoms. The highest BCUT2D eigenvalue weighted by atomic mass is 35.5. The number of hydrogen-bond donors (Lipinski definition) is 1. The van der Waals surface area contributed by atoms with Crippen molar-refractivity contribution in [3.05, 3.63) is 34.9 Å². The molecule has 0 bridgehead atoms. The Labute approximate surface area is 113 Å². The van der Waals surface area contributed by atoms with Gasteiger partial charge in [0.25, 0.3) is 0 Å². The number of carbonyl (C=O) groups excluding carboxylic acids is 1. The number of nitrogens with zero attached hydrogens (tertiary/aromatic N) is 1. The average Bonchev–Trinajstić information content (AvgIpc) is 2.41. The van der Waals surface area contributed by atoms with Crippen LogP contribution < -0.4 is 5.32 Å². The lowest BCUT2D eigenvalue weighted by Gasteiger charge is -2.32. The Hall–Kier alpha value is -1.06. The van der Waals surface area contributed by atoms with Gasteiger partial charge in [0.15, 0.2) is 0 Å². The van der Waals surface area contributed by atoms with Gasteiger partial charge in [0.05, 0.1) is 6.42 Å². The Bertz CT molecular complexity index is 405. The first-order chi connectivity index (χ1) is 8.69. The van der Waals surface area contributed by atoms with Crippen LogP contribution >= 0.6 is 11.6 Å². The first-order valence-electron chi connectivity index (χ1n) is 6.38. The van der Waals surface area contributed by atoms with Gasteiger partial charge in [-0.1, -0.05) is 23.7 Å². The van der Waals surface area contributed by atoms with E-state index in [4.69, 9.17) is 11.6 Å². The number of piperidine rings is 1. The molecule has 1 aliphatic heterocycles. The predicted molar refractivity (Wildman–Crippen MR) is 73.8 cm³/mol. The number of nitrogens with one attached hydrogen (secondary N) is 1. The minimum atomic E-state index is 0.206. The molecule has 98 valence electrons. The summed E-state index contributed by atoms with van der Waals surface area (Å²) in [6, 6.07) is 7.93. The van der Waals surface area contributed by atoms with Crippen LogP contribution in [-0.2, 0) is 11.2 Å². The third-order valence-electron chi connectivity index (χ3n) is 3.45. The van der Waals surface area contributed by atoms with E-state index in [1.54, 1.807) is 0 Å². The zero-order valence-electron chi connectivity index (χ0n) is 10.7. The third-order valence-corrected chi connectivity index (χ3v) is 3.70. The van der Waals surface area contributed by atoms with Gasteiger partial charge in [-0.2, -0.15) is 0 Å². The number of likely N-dealkylation sites (N-methyl/N-ethyl adjacent to an activating group) is 1. The van der Waals surface area contributed by atoms with Gasteiger partial charge in [0, 0.05) is 24.2 Å². The van der Waals surface area contributed by atoms with E-state index in [1.165, 1.54) is 0 Å². The van der Waals surface area contributed by atoms with Gasteiger partial charge in [0.2, 0.25) is 5.91 Å². The highest BCUT2D eigenvalue weighted by molar-refractivity contribution is 6.30. The normalized spacial score (nSPS) is 19.9. The molecule has 1 saturated heterocycles. The summed E-state index contributed by atoms with van der Waals surface area (Å²) in [5, 5.41) is 3.96. The summed E-state index contributed by atoms with van der Waals surface area (Å²) in [4.78, 5) is 14.1. The maximum atomic E-state index is 12.2. The third kappa shape index (κ3) is 3.47. The molecule has 4 heteroatoms. The molecular weight excluding hydrogens is 248 g/mol. The molecule has 0 spiro atoms. The molecule has 1 amide bonds. The predicted octanol–water partition coefficient (Wildman–Crippen LogP) is 2.09. The maximum Gasteiger partial charge on any atom is 0.227 e. The van der Waals surface area contributed by atoms with Gasteiger partial charge in [-0.3, -0.25) is 4.79 Å². The van der Waals surface area contributed by atoms with E-state index >= 15 is 0 Å². The lowest BCUT2D eigenvalue weighted by atomic mass is 10.0. The average molecular weight is 267 g/mol. The molecule has 1 heterocycles. The fraction of sp³-hybridized carbons (Fsp3) is 0.500. The largest absolute Gasteiger partial charge is 0.341 e. The van der Waals surface area contributed by atoms with Crippen molar-refractivity contribution < 1.29 is 4.79 Å². The van der Waals surface area contributed by atoms with Crippen molar-refractivity contribution in [1.82, 2.24) is 10.2 Å². The maximum absolute atomic E-state index is 12.2. The van der Waals surface area contributed by atoms with E-state index < -0.39 is 0 Å². The summed E-state index contributed by atoms with van der Waals surface area (Å²) in [6.45, 7) is 1.70. The lowest BCUT2D eigenvalue weighted by Crippen LogP contribution is -2.47. The van der Waals surface area contributed by atoms with Crippen LogP contribution in [0.4, 0.5) is 0 Å². The van der Waals surface area contributed by atoms with Crippen molar-refractivity contribution in [2.75, 3.05) is 20.1 Å². The van der Waals surface area contributed by atoms with E-state index in [0.29, 0.717) is 17.5 Å². The minimum absolute atomic E-state index is 0.206. The molecule has 1 aliphatic rings. The number of amides is 1. The molecule has 0 radical (unpaired) electrons. The van der Waals surface area contributed by atoms with E-state index in [1.807, 2.05) is 36.2 Å². The summed E-state index contributed by atoms with van der Waals surface area (Å²) in [7, 11) is 1.96. The Morgan fingerprint density at radius 1 is 1.44 bits per heavy atom. The lowest BCUT2D eigenvalue weighted by molar-refractivity contribution is -0.131. The van der Waals surface area contributed by atoms with Gasteiger partial charge in [-0.05, 0) is 37.6 Å². The summed E-state index contributed by atoms with van der Waals surface area (Å²) in [6.07, 6.45) is 2.70. The second-order valence-electron chi connectivity index (χ2n) is 4.77. The van der Waals surface area contributed by atoms with Crippen LogP contribution in [0.3, 0.4) is 0 Å². The van der Waals surface area contributed by atoms with E-state index in [2.05, 4.69) is 5.32 Å². The molecule has 3 nitrogen and oxygen atoms in total. The fourth-order valence-corrected chi connectivity index (χ4v) is 2.45. The highest BCUT2D eigenvalue weighted by Gasteiger charge is 2.22. The van der Waals surface area contributed by atoms with Crippen LogP contribution in [0.1, 0.15) is 18.4 Å². The molecule has 1 fully saturated rings. The number of carbonyl (C=O) groups is 1. The first-order valence-corrected chi connectivity index (χ1v) is 6.76. The standard InChI is InChI=1S/C14H19ClN2O/c1-16-13-3-2-8-17(10-13)14(18)9-11-4-6-12(15)7-5-11/h4-7,13,16H,2-3,8-10H2,1H3/t13-/m1/s1. The van der Waals surface area contributed by atoms with Crippen molar-refractivity contribution in [1.29, 1.82) is 0 Å². The molecule has 0 unspecified atom stereocenters. The molecule has 0 saturated carbocycles. The smallest absolute Gasteiger partial charge is 0.227 e. The van der Waals surface area contributed by atoms with Gasteiger partial charge < -0.3 is 10.2 Å². The summed E-state index contributed by atoms with van der Waals surface area (Å²) in [5.41, 5.74) is 1.02. The second-order valence-corrected chi connectivity index (χ2v) is 5.21. The van der Waals surface area contributed by atoms with Gasteiger partial charge in [-0.25, -0.2) is 0 Å². The number of rotatable bonds is 3. The van der Waals surface area contributed by atoms with E-state index in [-0.39, 0.29) is 5.91 Å². The quantitative estimate of drug-likeness (QED) is 0.909. The molecule has 1 aromatic carbocycles. The first kappa shape index (κ1) is 13.4. The van der Waals surface area contributed by atoms with E-state index in [9.17, 15) is 4.79 Å². The van der Waals surface area contributed by atoms with E-state index in [0.717, 1.165) is 31.5 Å². The molecule has 1 aromatic rings. The minimum Gasteiger partial charge on any atom is -0.341 e. The number of benzene rings is 1. The van der Waals surface area contributed by atoms with Gasteiger partial charge in [0.1, 0.15) is 0 Å². The second kappa shape index (κ2) is 6.21. The Kier molecular flexibility index (Phi) is 4.61. The molecule has 1 N–H and O–H groups in total. The van der Waals surface area contributed by atoms with Crippen molar-refractivity contribution in [3.63, 3.8) is 0 Å². The monoisotopic (exact) mass is 266 g/mol. The van der Waals surface area contributed by atoms with Crippen LogP contribution in [-0.4, -0.2) is 37.0 Å². The zero-order valence-corrected chi connectivity index (χ0v) is 11.4. The Balaban J connectivity index is 1.93. The van der Waals surface area contributed by atoms with Gasteiger partial charge >= 0.3 is 0 Å². The van der Waals surface area contributed by atoms with Crippen molar-refractivity contribution in [2.45, 2.75) is 25.3 Å². The molecule has 0 aliphatic carbocycles. The number of halogens is 1. The molecule has 2 rings (SSSR count). The van der Waals surface area contributed by atoms with Crippen LogP contribution in [0.2, 0.25) is 5.02 Å². The molecule has 0 aromatic heterocycles. The number of hydrogen-bond acceptors (Lipinski definition) is 2. The van der Waals surface area contributed by atoms with Crippen LogP contribution in [0.5, 0.6) is 0 Å². The van der Waals surface area contributed by atoms with Gasteiger partial charge in [-0.15, -0.1) is 0 Å². The van der Waals surface area contributed by atoms with Crippen molar-refractivity contribution >= 4 is 17.5 Å². The molecular formula is C14H19ClN2O. The van der Waals surface area contributed by atoms with Crippen LogP contribution in [0, 0.1) is 0 Å². The summed E-state index contributed by atoms with van der Waals surface area (Å²) >= 11 is 5.83. The Morgan fingerprint density at radius 3 is 2.83 bits per heavy atom. The fourth-order valence-electron chi connectivity index (χ4n) is 2.33. The topological polar surface area (TPSA) is 32.3 Å². The number of likely N-dealkylation sites (tertiary alicyclic amines) is 1. The SMILES string of the molecule is CN[C@@H]1CCCN(C(=O)Cc2ccc(Cl)cc2)C1. The zero-order chi connectivity index (χ0) is 13.0. The highest BCUT2D eigenvalue weighted by Crippen LogP contribution is 2.14. The summed E-state index contributed by atoms with van der Waals surface area (Å²) < 4.78 is 0.